The van der Waals surface area contributed by atoms with Gasteiger partial charge in [-0.15, -0.1) is 0 Å². The van der Waals surface area contributed by atoms with E-state index in [9.17, 15) is 9.18 Å². The van der Waals surface area contributed by atoms with Gasteiger partial charge in [-0.1, -0.05) is 18.2 Å². The maximum Gasteiger partial charge on any atom is 0.256 e. The molecule has 5 nitrogen and oxygen atoms in total. The van der Waals surface area contributed by atoms with Crippen LogP contribution in [-0.2, 0) is 0 Å². The highest BCUT2D eigenvalue weighted by molar-refractivity contribution is 5.94. The molecule has 1 atom stereocenters. The van der Waals surface area contributed by atoms with E-state index in [4.69, 9.17) is 4.98 Å². The summed E-state index contributed by atoms with van der Waals surface area (Å²) in [4.78, 5) is 19.6. The first-order chi connectivity index (χ1) is 13.8. The number of carbonyl (C=O) groups is 1. The standard InChI is InChI=1S/C23H27FN4O/c1-23(2,3)26-21-20(25-19-12-6-7-14-28(19)21)16-9-8-13-27(15-16)22(29)17-10-4-5-11-18(17)24/h4-7,10-12,14,16,26H,8-9,13,15H2,1-3H3. The third kappa shape index (κ3) is 3.97. The third-order valence-corrected chi connectivity index (χ3v) is 5.25. The van der Waals surface area contributed by atoms with Crippen LogP contribution in [0.1, 0.15) is 55.6 Å². The van der Waals surface area contributed by atoms with Crippen molar-refractivity contribution < 1.29 is 9.18 Å². The minimum atomic E-state index is -0.470. The van der Waals surface area contributed by atoms with E-state index in [1.54, 1.807) is 23.1 Å². The van der Waals surface area contributed by atoms with Gasteiger partial charge in [0.25, 0.3) is 5.91 Å². The van der Waals surface area contributed by atoms with Gasteiger partial charge in [-0.2, -0.15) is 0 Å². The van der Waals surface area contributed by atoms with Gasteiger partial charge >= 0.3 is 0 Å². The number of hydrogen-bond donors (Lipinski definition) is 1. The lowest BCUT2D eigenvalue weighted by molar-refractivity contribution is 0.0701. The molecule has 0 spiro atoms. The number of benzene rings is 1. The molecule has 0 bridgehead atoms. The van der Waals surface area contributed by atoms with Crippen molar-refractivity contribution in [2.24, 2.45) is 0 Å². The summed E-state index contributed by atoms with van der Waals surface area (Å²) in [6, 6.07) is 12.1. The van der Waals surface area contributed by atoms with Crippen molar-refractivity contribution in [3.05, 3.63) is 65.7 Å². The van der Waals surface area contributed by atoms with Gasteiger partial charge in [0.1, 0.15) is 17.3 Å². The first-order valence-corrected chi connectivity index (χ1v) is 10.1. The summed E-state index contributed by atoms with van der Waals surface area (Å²) in [5.41, 5.74) is 1.86. The Bertz CT molecular complexity index is 1040. The predicted molar refractivity (Wildman–Crippen MR) is 113 cm³/mol. The minimum absolute atomic E-state index is 0.101. The lowest BCUT2D eigenvalue weighted by Gasteiger charge is -2.33. The Morgan fingerprint density at radius 2 is 1.93 bits per heavy atom. The number of hydrogen-bond acceptors (Lipinski definition) is 3. The zero-order valence-electron chi connectivity index (χ0n) is 17.2. The average molecular weight is 394 g/mol. The Morgan fingerprint density at radius 1 is 1.17 bits per heavy atom. The molecule has 1 aliphatic rings. The summed E-state index contributed by atoms with van der Waals surface area (Å²) in [6.45, 7) is 7.53. The van der Waals surface area contributed by atoms with Crippen molar-refractivity contribution in [1.82, 2.24) is 14.3 Å². The highest BCUT2D eigenvalue weighted by Crippen LogP contribution is 2.34. The minimum Gasteiger partial charge on any atom is -0.365 e. The summed E-state index contributed by atoms with van der Waals surface area (Å²) in [5, 5.41) is 3.59. The van der Waals surface area contributed by atoms with E-state index in [1.165, 1.54) is 6.07 Å². The van der Waals surface area contributed by atoms with Gasteiger partial charge in [0, 0.05) is 30.7 Å². The summed E-state index contributed by atoms with van der Waals surface area (Å²) in [6.07, 6.45) is 3.82. The quantitative estimate of drug-likeness (QED) is 0.700. The number of carbonyl (C=O) groups excluding carboxylic acids is 1. The molecule has 3 aromatic rings. The summed E-state index contributed by atoms with van der Waals surface area (Å²) in [7, 11) is 0. The largest absolute Gasteiger partial charge is 0.365 e. The van der Waals surface area contributed by atoms with Crippen LogP contribution in [0.15, 0.2) is 48.7 Å². The van der Waals surface area contributed by atoms with E-state index in [2.05, 4.69) is 30.5 Å². The molecular weight excluding hydrogens is 367 g/mol. The van der Waals surface area contributed by atoms with Crippen LogP contribution in [0.5, 0.6) is 0 Å². The van der Waals surface area contributed by atoms with E-state index in [0.29, 0.717) is 13.1 Å². The fourth-order valence-electron chi connectivity index (χ4n) is 3.97. The molecule has 6 heteroatoms. The third-order valence-electron chi connectivity index (χ3n) is 5.25. The van der Waals surface area contributed by atoms with E-state index in [-0.39, 0.29) is 22.9 Å². The molecule has 0 saturated carbocycles. The topological polar surface area (TPSA) is 49.6 Å². The van der Waals surface area contributed by atoms with Gasteiger partial charge in [-0.25, -0.2) is 9.37 Å². The van der Waals surface area contributed by atoms with Gasteiger partial charge in [-0.3, -0.25) is 9.20 Å². The Morgan fingerprint density at radius 3 is 2.69 bits per heavy atom. The lowest BCUT2D eigenvalue weighted by atomic mass is 9.93. The fourth-order valence-corrected chi connectivity index (χ4v) is 3.97. The number of piperidine rings is 1. The molecule has 3 heterocycles. The second kappa shape index (κ2) is 7.50. The molecule has 1 unspecified atom stereocenters. The van der Waals surface area contributed by atoms with Crippen LogP contribution in [0.4, 0.5) is 10.2 Å². The molecule has 1 aromatic carbocycles. The molecule has 0 aliphatic carbocycles. The molecule has 2 aromatic heterocycles. The molecule has 152 valence electrons. The van der Waals surface area contributed by atoms with E-state index < -0.39 is 5.82 Å². The van der Waals surface area contributed by atoms with Gasteiger partial charge in [0.15, 0.2) is 0 Å². The molecule has 29 heavy (non-hydrogen) atoms. The van der Waals surface area contributed by atoms with Gasteiger partial charge in [-0.05, 0) is 57.9 Å². The molecule has 1 fully saturated rings. The zero-order valence-corrected chi connectivity index (χ0v) is 17.2. The number of amides is 1. The average Bonchev–Trinajstić information content (AvgIpc) is 3.05. The summed E-state index contributed by atoms with van der Waals surface area (Å²) in [5.74, 6) is 0.354. The fraction of sp³-hybridized carbons (Fsp3) is 0.391. The lowest BCUT2D eigenvalue weighted by Crippen LogP contribution is -2.40. The Labute approximate surface area is 170 Å². The first kappa shape index (κ1) is 19.4. The second-order valence-corrected chi connectivity index (χ2v) is 8.72. The smallest absolute Gasteiger partial charge is 0.256 e. The summed E-state index contributed by atoms with van der Waals surface area (Å²) >= 11 is 0. The number of imidazole rings is 1. The summed E-state index contributed by atoms with van der Waals surface area (Å²) < 4.78 is 16.2. The number of pyridine rings is 1. The van der Waals surface area contributed by atoms with Crippen molar-refractivity contribution in [3.8, 4) is 0 Å². The molecule has 4 rings (SSSR count). The second-order valence-electron chi connectivity index (χ2n) is 8.72. The van der Waals surface area contributed by atoms with Gasteiger partial charge < -0.3 is 10.2 Å². The number of nitrogens with zero attached hydrogens (tertiary/aromatic N) is 3. The van der Waals surface area contributed by atoms with E-state index >= 15 is 0 Å². The molecule has 0 radical (unpaired) electrons. The highest BCUT2D eigenvalue weighted by atomic mass is 19.1. The Balaban J connectivity index is 1.66. The molecule has 1 amide bonds. The van der Waals surface area contributed by atoms with Crippen LogP contribution in [0.3, 0.4) is 0 Å². The highest BCUT2D eigenvalue weighted by Gasteiger charge is 2.31. The normalized spacial score (nSPS) is 17.5. The van der Waals surface area contributed by atoms with Crippen LogP contribution < -0.4 is 5.32 Å². The van der Waals surface area contributed by atoms with Crippen LogP contribution in [0.25, 0.3) is 5.65 Å². The maximum atomic E-state index is 14.1. The van der Waals surface area contributed by atoms with Crippen LogP contribution in [0.2, 0.25) is 0 Å². The zero-order chi connectivity index (χ0) is 20.6. The predicted octanol–water partition coefficient (Wildman–Crippen LogP) is 4.70. The van der Waals surface area contributed by atoms with Gasteiger partial charge in [0.2, 0.25) is 0 Å². The van der Waals surface area contributed by atoms with Crippen molar-refractivity contribution in [1.29, 1.82) is 0 Å². The Kier molecular flexibility index (Phi) is 5.03. The molecular formula is C23H27FN4O. The SMILES string of the molecule is CC(C)(C)Nc1c(C2CCCN(C(=O)c3ccccc3F)C2)nc2ccccn12. The molecule has 1 saturated heterocycles. The number of halogens is 1. The van der Waals surface area contributed by atoms with Crippen LogP contribution >= 0.6 is 0 Å². The van der Waals surface area contributed by atoms with Crippen molar-refractivity contribution >= 4 is 17.4 Å². The van der Waals surface area contributed by atoms with Crippen LogP contribution in [-0.4, -0.2) is 38.8 Å². The van der Waals surface area contributed by atoms with Gasteiger partial charge in [0.05, 0.1) is 11.3 Å². The van der Waals surface area contributed by atoms with Crippen molar-refractivity contribution in [3.63, 3.8) is 0 Å². The molecule has 1 aliphatic heterocycles. The molecule has 1 N–H and O–H groups in total. The number of fused-ring (bicyclic) bond motifs is 1. The number of likely N-dealkylation sites (tertiary alicyclic amines) is 1. The first-order valence-electron chi connectivity index (χ1n) is 10.1. The number of rotatable bonds is 3. The van der Waals surface area contributed by atoms with E-state index in [1.807, 2.05) is 24.4 Å². The van der Waals surface area contributed by atoms with Crippen molar-refractivity contribution in [2.45, 2.75) is 45.1 Å². The number of aromatic nitrogens is 2. The number of nitrogens with one attached hydrogen (secondary N) is 1. The van der Waals surface area contributed by atoms with Crippen LogP contribution in [0, 0.1) is 5.82 Å². The van der Waals surface area contributed by atoms with E-state index in [0.717, 1.165) is 30.0 Å². The monoisotopic (exact) mass is 394 g/mol. The maximum absolute atomic E-state index is 14.1. The Hall–Kier alpha value is -2.89. The number of anilines is 1. The van der Waals surface area contributed by atoms with Crippen molar-refractivity contribution in [2.75, 3.05) is 18.4 Å².